The molecule has 0 spiro atoms. The van der Waals surface area contributed by atoms with E-state index >= 15 is 0 Å². The van der Waals surface area contributed by atoms with Gasteiger partial charge in [-0.15, -0.1) is 0 Å². The Morgan fingerprint density at radius 1 is 1.43 bits per heavy atom. The lowest BCUT2D eigenvalue weighted by Crippen LogP contribution is -2.40. The molecule has 0 bridgehead atoms. The second-order valence-corrected chi connectivity index (χ2v) is 5.80. The summed E-state index contributed by atoms with van der Waals surface area (Å²) in [5.41, 5.74) is 3.09. The molecule has 1 atom stereocenters. The molecule has 23 heavy (non-hydrogen) atoms. The van der Waals surface area contributed by atoms with Crippen LogP contribution in [-0.2, 0) is 29.5 Å². The van der Waals surface area contributed by atoms with Crippen LogP contribution in [0.25, 0.3) is 0 Å². The second kappa shape index (κ2) is 6.91. The lowest BCUT2D eigenvalue weighted by atomic mass is 9.95. The van der Waals surface area contributed by atoms with Crippen molar-refractivity contribution in [2.45, 2.75) is 25.8 Å². The highest BCUT2D eigenvalue weighted by Gasteiger charge is 2.30. The first-order chi connectivity index (χ1) is 11.2. The minimum Gasteiger partial charge on any atom is -0.381 e. The van der Waals surface area contributed by atoms with Crippen LogP contribution in [-0.4, -0.2) is 45.3 Å². The summed E-state index contributed by atoms with van der Waals surface area (Å²) in [6.45, 7) is 4.54. The van der Waals surface area contributed by atoms with Gasteiger partial charge < -0.3 is 9.64 Å². The van der Waals surface area contributed by atoms with Crippen LogP contribution in [0.1, 0.15) is 29.8 Å². The van der Waals surface area contributed by atoms with Crippen LogP contribution in [0, 0.1) is 0 Å². The number of aryl methyl sites for hydroxylation is 1. The van der Waals surface area contributed by atoms with E-state index in [4.69, 9.17) is 4.74 Å². The van der Waals surface area contributed by atoms with Crippen LogP contribution in [0.4, 0.5) is 0 Å². The maximum Gasteiger partial charge on any atom is 0.228 e. The summed E-state index contributed by atoms with van der Waals surface area (Å²) in [6.07, 6.45) is 3.95. The first-order valence-corrected chi connectivity index (χ1v) is 7.95. The van der Waals surface area contributed by atoms with Crippen molar-refractivity contribution >= 4 is 5.91 Å². The Morgan fingerprint density at radius 3 is 3.04 bits per heavy atom. The Balaban J connectivity index is 1.76. The molecule has 2 aromatic heterocycles. The summed E-state index contributed by atoms with van der Waals surface area (Å²) in [5, 5.41) is 4.35. The molecule has 1 aliphatic rings. The molecule has 2 aromatic rings. The molecule has 0 saturated heterocycles. The summed E-state index contributed by atoms with van der Waals surface area (Å²) in [7, 11) is 1.92. The lowest BCUT2D eigenvalue weighted by Gasteiger charge is -2.33. The number of rotatable bonds is 5. The number of hydrogen-bond donors (Lipinski definition) is 0. The van der Waals surface area contributed by atoms with Crippen molar-refractivity contribution in [2.24, 2.45) is 7.05 Å². The smallest absolute Gasteiger partial charge is 0.228 e. The molecule has 0 N–H and O–H groups in total. The summed E-state index contributed by atoms with van der Waals surface area (Å²) in [4.78, 5) is 18.8. The summed E-state index contributed by atoms with van der Waals surface area (Å²) >= 11 is 0. The quantitative estimate of drug-likeness (QED) is 0.839. The molecule has 122 valence electrons. The fourth-order valence-electron chi connectivity index (χ4n) is 2.99. The molecule has 0 unspecified atom stereocenters. The van der Waals surface area contributed by atoms with E-state index in [0.29, 0.717) is 32.7 Å². The van der Waals surface area contributed by atoms with E-state index in [1.54, 1.807) is 6.20 Å². The number of amides is 1. The maximum atomic E-state index is 12.6. The zero-order chi connectivity index (χ0) is 16.2. The third-order valence-corrected chi connectivity index (χ3v) is 4.25. The maximum absolute atomic E-state index is 12.6. The van der Waals surface area contributed by atoms with Crippen LogP contribution in [0.2, 0.25) is 0 Å². The van der Waals surface area contributed by atoms with Gasteiger partial charge in [-0.2, -0.15) is 5.10 Å². The molecule has 0 fully saturated rings. The first-order valence-electron chi connectivity index (χ1n) is 7.95. The Labute approximate surface area is 136 Å². The molecule has 3 rings (SSSR count). The molecule has 0 radical (unpaired) electrons. The third-order valence-electron chi connectivity index (χ3n) is 4.25. The van der Waals surface area contributed by atoms with Gasteiger partial charge in [-0.25, -0.2) is 0 Å². The fourth-order valence-corrected chi connectivity index (χ4v) is 2.99. The number of hydrogen-bond acceptors (Lipinski definition) is 4. The number of pyridine rings is 1. The van der Waals surface area contributed by atoms with Crippen molar-refractivity contribution in [1.29, 1.82) is 0 Å². The molecule has 0 saturated carbocycles. The summed E-state index contributed by atoms with van der Waals surface area (Å²) < 4.78 is 7.45. The molecule has 3 heterocycles. The van der Waals surface area contributed by atoms with Crippen LogP contribution >= 0.6 is 0 Å². The van der Waals surface area contributed by atoms with Gasteiger partial charge in [0.25, 0.3) is 0 Å². The number of fused-ring (bicyclic) bond motifs is 1. The zero-order valence-electron chi connectivity index (χ0n) is 13.6. The summed E-state index contributed by atoms with van der Waals surface area (Å²) in [6, 6.07) is 5.65. The Bertz CT molecular complexity index is 668. The second-order valence-electron chi connectivity index (χ2n) is 5.80. The summed E-state index contributed by atoms with van der Waals surface area (Å²) in [5.74, 6) is 0.275. The SMILES string of the molecule is CCOC[C@@H]1CN(C(=O)Cc2ccccn2)Cc2c1cnn2C. The van der Waals surface area contributed by atoms with Gasteiger partial charge in [0.1, 0.15) is 0 Å². The van der Waals surface area contributed by atoms with Crippen molar-refractivity contribution in [1.82, 2.24) is 19.7 Å². The monoisotopic (exact) mass is 314 g/mol. The molecule has 6 nitrogen and oxygen atoms in total. The van der Waals surface area contributed by atoms with Crippen molar-refractivity contribution in [2.75, 3.05) is 19.8 Å². The highest BCUT2D eigenvalue weighted by Crippen LogP contribution is 2.28. The standard InChI is InChI=1S/C17H22N4O2/c1-3-23-12-13-10-21(11-16-15(13)9-19-20(16)2)17(22)8-14-6-4-5-7-18-14/h4-7,9,13H,3,8,10-12H2,1-2H3/t13-/m0/s1. The molecule has 1 amide bonds. The van der Waals surface area contributed by atoms with Gasteiger partial charge in [0, 0.05) is 43.6 Å². The zero-order valence-corrected chi connectivity index (χ0v) is 13.6. The van der Waals surface area contributed by atoms with Gasteiger partial charge in [-0.1, -0.05) is 6.07 Å². The number of carbonyl (C=O) groups excluding carboxylic acids is 1. The predicted octanol–water partition coefficient (Wildman–Crippen LogP) is 1.52. The van der Waals surface area contributed by atoms with Gasteiger partial charge in [0.15, 0.2) is 0 Å². The molecular weight excluding hydrogens is 292 g/mol. The number of carbonyl (C=O) groups is 1. The molecule has 0 aromatic carbocycles. The highest BCUT2D eigenvalue weighted by atomic mass is 16.5. The lowest BCUT2D eigenvalue weighted by molar-refractivity contribution is -0.132. The third kappa shape index (κ3) is 3.42. The minimum atomic E-state index is 0.0945. The molecular formula is C17H22N4O2. The fraction of sp³-hybridized carbons (Fsp3) is 0.471. The largest absolute Gasteiger partial charge is 0.381 e. The molecule has 1 aliphatic heterocycles. The van der Waals surface area contributed by atoms with Crippen LogP contribution in [0.5, 0.6) is 0 Å². The van der Waals surface area contributed by atoms with E-state index in [1.165, 1.54) is 5.56 Å². The van der Waals surface area contributed by atoms with Gasteiger partial charge >= 0.3 is 0 Å². The number of ether oxygens (including phenoxy) is 1. The Kier molecular flexibility index (Phi) is 4.71. The Morgan fingerprint density at radius 2 is 2.30 bits per heavy atom. The van der Waals surface area contributed by atoms with Crippen molar-refractivity contribution in [3.8, 4) is 0 Å². The normalized spacial score (nSPS) is 17.1. The average Bonchev–Trinajstić information content (AvgIpc) is 2.95. The minimum absolute atomic E-state index is 0.0945. The van der Waals surface area contributed by atoms with Gasteiger partial charge in [0.2, 0.25) is 5.91 Å². The molecule has 0 aliphatic carbocycles. The van der Waals surface area contributed by atoms with E-state index < -0.39 is 0 Å². The van der Waals surface area contributed by atoms with E-state index in [0.717, 1.165) is 11.4 Å². The van der Waals surface area contributed by atoms with Crippen molar-refractivity contribution in [3.05, 3.63) is 47.5 Å². The number of aromatic nitrogens is 3. The average molecular weight is 314 g/mol. The van der Waals surface area contributed by atoms with Gasteiger partial charge in [-0.3, -0.25) is 14.5 Å². The molecule has 6 heteroatoms. The van der Waals surface area contributed by atoms with Gasteiger partial charge in [0.05, 0.1) is 31.5 Å². The van der Waals surface area contributed by atoms with E-state index in [9.17, 15) is 4.79 Å². The van der Waals surface area contributed by atoms with Crippen molar-refractivity contribution in [3.63, 3.8) is 0 Å². The van der Waals surface area contributed by atoms with Crippen LogP contribution in [0.15, 0.2) is 30.6 Å². The first kappa shape index (κ1) is 15.7. The van der Waals surface area contributed by atoms with E-state index in [-0.39, 0.29) is 11.8 Å². The topological polar surface area (TPSA) is 60.2 Å². The van der Waals surface area contributed by atoms with Crippen molar-refractivity contribution < 1.29 is 9.53 Å². The number of nitrogens with zero attached hydrogens (tertiary/aromatic N) is 4. The van der Waals surface area contributed by atoms with E-state index in [2.05, 4.69) is 10.1 Å². The van der Waals surface area contributed by atoms with Crippen LogP contribution < -0.4 is 0 Å². The van der Waals surface area contributed by atoms with Crippen LogP contribution in [0.3, 0.4) is 0 Å². The Hall–Kier alpha value is -2.21. The predicted molar refractivity (Wildman–Crippen MR) is 85.8 cm³/mol. The van der Waals surface area contributed by atoms with E-state index in [1.807, 2.05) is 47.9 Å². The highest BCUT2D eigenvalue weighted by molar-refractivity contribution is 5.78. The van der Waals surface area contributed by atoms with Gasteiger partial charge in [-0.05, 0) is 19.1 Å².